The predicted molar refractivity (Wildman–Crippen MR) is 75.5 cm³/mol. The van der Waals surface area contributed by atoms with E-state index in [-0.39, 0.29) is 12.0 Å². The van der Waals surface area contributed by atoms with Crippen molar-refractivity contribution >= 4 is 5.97 Å². The van der Waals surface area contributed by atoms with E-state index in [1.54, 1.807) is 7.11 Å². The van der Waals surface area contributed by atoms with Crippen LogP contribution >= 0.6 is 0 Å². The highest BCUT2D eigenvalue weighted by Gasteiger charge is 2.22. The number of nitrogens with zero attached hydrogens (tertiary/aromatic N) is 1. The molecule has 0 bridgehead atoms. The molecule has 4 heteroatoms. The van der Waals surface area contributed by atoms with Crippen molar-refractivity contribution in [2.45, 2.75) is 26.3 Å². The van der Waals surface area contributed by atoms with Crippen molar-refractivity contribution in [1.82, 2.24) is 4.90 Å². The molecule has 1 rings (SSSR count). The Kier molecular flexibility index (Phi) is 5.36. The fraction of sp³-hybridized carbons (Fsp3) is 0.533. The second-order valence-corrected chi connectivity index (χ2v) is 4.94. The van der Waals surface area contributed by atoms with Crippen molar-refractivity contribution in [3.63, 3.8) is 0 Å². The molecule has 0 aromatic heterocycles. The smallest absolute Gasteiger partial charge is 0.307 e. The predicted octanol–water partition coefficient (Wildman–Crippen LogP) is 2.48. The maximum atomic E-state index is 11.6. The molecule has 0 saturated carbocycles. The normalized spacial score (nSPS) is 12.4. The summed E-state index contributed by atoms with van der Waals surface area (Å²) >= 11 is 0. The van der Waals surface area contributed by atoms with Gasteiger partial charge in [-0.15, -0.1) is 0 Å². The van der Waals surface area contributed by atoms with Crippen molar-refractivity contribution in [1.29, 1.82) is 0 Å². The summed E-state index contributed by atoms with van der Waals surface area (Å²) in [7, 11) is 6.95. The Labute approximate surface area is 115 Å². The molecule has 106 valence electrons. The molecule has 0 aliphatic carbocycles. The molecule has 0 radical (unpaired) electrons. The number of rotatable bonds is 5. The van der Waals surface area contributed by atoms with E-state index in [1.165, 1.54) is 18.2 Å². The Balaban J connectivity index is 3.21. The molecular formula is C15H23NO3. The topological polar surface area (TPSA) is 38.8 Å². The molecule has 1 unspecified atom stereocenters. The van der Waals surface area contributed by atoms with Gasteiger partial charge in [0.05, 0.1) is 20.6 Å². The molecule has 1 aromatic rings. The number of ether oxygens (including phenoxy) is 2. The minimum Gasteiger partial charge on any atom is -0.496 e. The second-order valence-electron chi connectivity index (χ2n) is 4.94. The number of methoxy groups -OCH3 is 2. The first-order valence-corrected chi connectivity index (χ1v) is 6.29. The molecule has 0 fully saturated rings. The largest absolute Gasteiger partial charge is 0.496 e. The minimum atomic E-state index is -0.223. The van der Waals surface area contributed by atoms with Crippen molar-refractivity contribution < 1.29 is 14.3 Å². The van der Waals surface area contributed by atoms with E-state index >= 15 is 0 Å². The van der Waals surface area contributed by atoms with E-state index in [0.717, 1.165) is 11.3 Å². The molecule has 0 spiro atoms. The Morgan fingerprint density at radius 1 is 1.21 bits per heavy atom. The van der Waals surface area contributed by atoms with Crippen LogP contribution in [0.4, 0.5) is 0 Å². The molecule has 0 amide bonds. The average molecular weight is 265 g/mol. The first-order valence-electron chi connectivity index (χ1n) is 6.29. The van der Waals surface area contributed by atoms with Crippen LogP contribution in [0.5, 0.6) is 5.75 Å². The number of aryl methyl sites for hydroxylation is 2. The maximum Gasteiger partial charge on any atom is 0.307 e. The summed E-state index contributed by atoms with van der Waals surface area (Å²) in [5, 5.41) is 0. The molecule has 0 aliphatic heterocycles. The van der Waals surface area contributed by atoms with Crippen LogP contribution in [0.25, 0.3) is 0 Å². The SMILES string of the molecule is COC(=O)CC(c1cc(C)c(C)cc1OC)N(C)C. The summed E-state index contributed by atoms with van der Waals surface area (Å²) < 4.78 is 10.2. The monoisotopic (exact) mass is 265 g/mol. The van der Waals surface area contributed by atoms with Crippen molar-refractivity contribution in [3.8, 4) is 5.75 Å². The zero-order valence-corrected chi connectivity index (χ0v) is 12.6. The molecular weight excluding hydrogens is 242 g/mol. The molecule has 1 aromatic carbocycles. The molecule has 0 N–H and O–H groups in total. The highest BCUT2D eigenvalue weighted by atomic mass is 16.5. The van der Waals surface area contributed by atoms with Gasteiger partial charge in [0.1, 0.15) is 5.75 Å². The van der Waals surface area contributed by atoms with Crippen LogP contribution in [0.1, 0.15) is 29.2 Å². The highest BCUT2D eigenvalue weighted by Crippen LogP contribution is 2.33. The van der Waals surface area contributed by atoms with E-state index in [0.29, 0.717) is 6.42 Å². The number of carbonyl (C=O) groups is 1. The third-order valence-electron chi connectivity index (χ3n) is 3.42. The van der Waals surface area contributed by atoms with Gasteiger partial charge in [0.15, 0.2) is 0 Å². The minimum absolute atomic E-state index is 0.0540. The van der Waals surface area contributed by atoms with Gasteiger partial charge in [0, 0.05) is 11.6 Å². The zero-order chi connectivity index (χ0) is 14.6. The van der Waals surface area contributed by atoms with E-state index in [2.05, 4.69) is 13.0 Å². The lowest BCUT2D eigenvalue weighted by Gasteiger charge is -2.26. The summed E-state index contributed by atoms with van der Waals surface area (Å²) in [5.74, 6) is 0.588. The van der Waals surface area contributed by atoms with Gasteiger partial charge < -0.3 is 14.4 Å². The Bertz CT molecular complexity index is 455. The standard InChI is InChI=1S/C15H23NO3/c1-10-7-12(14(18-5)8-11(10)2)13(16(3)4)9-15(17)19-6/h7-8,13H,9H2,1-6H3. The lowest BCUT2D eigenvalue weighted by Crippen LogP contribution is -2.24. The van der Waals surface area contributed by atoms with E-state index in [1.807, 2.05) is 32.0 Å². The van der Waals surface area contributed by atoms with Crippen LogP contribution in [-0.2, 0) is 9.53 Å². The number of hydrogen-bond acceptors (Lipinski definition) is 4. The van der Waals surface area contributed by atoms with Gasteiger partial charge in [-0.25, -0.2) is 0 Å². The number of benzene rings is 1. The van der Waals surface area contributed by atoms with Crippen molar-refractivity contribution in [2.24, 2.45) is 0 Å². The van der Waals surface area contributed by atoms with Gasteiger partial charge in [-0.1, -0.05) is 6.07 Å². The summed E-state index contributed by atoms with van der Waals surface area (Å²) in [6.07, 6.45) is 0.308. The van der Waals surface area contributed by atoms with Crippen molar-refractivity contribution in [2.75, 3.05) is 28.3 Å². The first-order chi connectivity index (χ1) is 8.90. The quantitative estimate of drug-likeness (QED) is 0.767. The molecule has 0 heterocycles. The molecule has 0 aliphatic rings. The molecule has 1 atom stereocenters. The van der Waals surface area contributed by atoms with Crippen LogP contribution in [0.15, 0.2) is 12.1 Å². The van der Waals surface area contributed by atoms with Crippen LogP contribution in [0.2, 0.25) is 0 Å². The lowest BCUT2D eigenvalue weighted by molar-refractivity contribution is -0.141. The third-order valence-corrected chi connectivity index (χ3v) is 3.42. The molecule has 0 saturated heterocycles. The van der Waals surface area contributed by atoms with Gasteiger partial charge in [-0.2, -0.15) is 0 Å². The maximum absolute atomic E-state index is 11.6. The van der Waals surface area contributed by atoms with E-state index in [9.17, 15) is 4.79 Å². The number of carbonyl (C=O) groups excluding carboxylic acids is 1. The summed E-state index contributed by atoms with van der Waals surface area (Å²) in [6.45, 7) is 4.11. The van der Waals surface area contributed by atoms with Gasteiger partial charge in [-0.05, 0) is 45.1 Å². The van der Waals surface area contributed by atoms with Gasteiger partial charge in [0.25, 0.3) is 0 Å². The Morgan fingerprint density at radius 3 is 2.26 bits per heavy atom. The number of esters is 1. The van der Waals surface area contributed by atoms with E-state index in [4.69, 9.17) is 9.47 Å². The van der Waals surface area contributed by atoms with Gasteiger partial charge in [0.2, 0.25) is 0 Å². The Hall–Kier alpha value is -1.55. The Morgan fingerprint density at radius 2 is 1.79 bits per heavy atom. The molecule has 19 heavy (non-hydrogen) atoms. The lowest BCUT2D eigenvalue weighted by atomic mass is 9.97. The zero-order valence-electron chi connectivity index (χ0n) is 12.6. The molecule has 4 nitrogen and oxygen atoms in total. The fourth-order valence-electron chi connectivity index (χ4n) is 2.06. The number of hydrogen-bond donors (Lipinski definition) is 0. The van der Waals surface area contributed by atoms with Crippen LogP contribution in [0.3, 0.4) is 0 Å². The summed E-state index contributed by atoms with van der Waals surface area (Å²) in [5.41, 5.74) is 3.38. The second kappa shape index (κ2) is 6.57. The average Bonchev–Trinajstić information content (AvgIpc) is 2.38. The third kappa shape index (κ3) is 3.70. The van der Waals surface area contributed by atoms with Gasteiger partial charge >= 0.3 is 5.97 Å². The van der Waals surface area contributed by atoms with Crippen LogP contribution < -0.4 is 4.74 Å². The van der Waals surface area contributed by atoms with Crippen LogP contribution in [0, 0.1) is 13.8 Å². The fourth-order valence-corrected chi connectivity index (χ4v) is 2.06. The first kappa shape index (κ1) is 15.5. The summed E-state index contributed by atoms with van der Waals surface area (Å²) in [6, 6.07) is 4.04. The summed E-state index contributed by atoms with van der Waals surface area (Å²) in [4.78, 5) is 13.6. The van der Waals surface area contributed by atoms with Crippen molar-refractivity contribution in [3.05, 3.63) is 28.8 Å². The van der Waals surface area contributed by atoms with E-state index < -0.39 is 0 Å². The highest BCUT2D eigenvalue weighted by molar-refractivity contribution is 5.70. The van der Waals surface area contributed by atoms with Gasteiger partial charge in [-0.3, -0.25) is 4.79 Å². The van der Waals surface area contributed by atoms with Crippen LogP contribution in [-0.4, -0.2) is 39.2 Å².